The molecule has 0 aromatic heterocycles. The van der Waals surface area contributed by atoms with E-state index in [2.05, 4.69) is 5.32 Å². The van der Waals surface area contributed by atoms with Crippen LogP contribution < -0.4 is 5.32 Å². The van der Waals surface area contributed by atoms with Crippen LogP contribution in [0.5, 0.6) is 0 Å². The van der Waals surface area contributed by atoms with Gasteiger partial charge in [-0.2, -0.15) is 0 Å². The van der Waals surface area contributed by atoms with Gasteiger partial charge < -0.3 is 5.32 Å². The Morgan fingerprint density at radius 1 is 1.15 bits per heavy atom. The van der Waals surface area contributed by atoms with E-state index in [-0.39, 0.29) is 36.1 Å². The predicted octanol–water partition coefficient (Wildman–Crippen LogP) is 2.81. The number of fused-ring (bicyclic) bond motifs is 1. The molecular weight excluding hydrogens is 347 g/mol. The van der Waals surface area contributed by atoms with E-state index in [9.17, 15) is 18.8 Å². The van der Waals surface area contributed by atoms with Crippen LogP contribution in [0, 0.1) is 23.6 Å². The fraction of sp³-hybridized carbons (Fsp3) is 0.476. The van der Waals surface area contributed by atoms with Crippen molar-refractivity contribution in [1.82, 2.24) is 10.2 Å². The summed E-state index contributed by atoms with van der Waals surface area (Å²) < 4.78 is 13.8. The van der Waals surface area contributed by atoms with Gasteiger partial charge in [-0.05, 0) is 31.2 Å². The zero-order valence-corrected chi connectivity index (χ0v) is 15.7. The van der Waals surface area contributed by atoms with Crippen molar-refractivity contribution in [3.8, 4) is 0 Å². The van der Waals surface area contributed by atoms with Crippen LogP contribution in [0.2, 0.25) is 0 Å². The van der Waals surface area contributed by atoms with Crippen LogP contribution in [0.3, 0.4) is 0 Å². The van der Waals surface area contributed by atoms with Gasteiger partial charge in [0.1, 0.15) is 11.9 Å². The summed E-state index contributed by atoms with van der Waals surface area (Å²) in [5.74, 6) is -1.95. The molecule has 1 fully saturated rings. The number of rotatable bonds is 6. The molecule has 1 saturated heterocycles. The van der Waals surface area contributed by atoms with E-state index in [1.165, 1.54) is 11.0 Å². The predicted molar refractivity (Wildman–Crippen MR) is 98.7 cm³/mol. The first-order valence-electron chi connectivity index (χ1n) is 9.43. The van der Waals surface area contributed by atoms with E-state index in [4.69, 9.17) is 0 Å². The van der Waals surface area contributed by atoms with Gasteiger partial charge in [0.05, 0.1) is 11.8 Å². The first-order chi connectivity index (χ1) is 12.9. The zero-order chi connectivity index (χ0) is 19.6. The average molecular weight is 372 g/mol. The molecule has 3 rings (SSSR count). The number of imide groups is 1. The molecule has 1 aromatic carbocycles. The Hall–Kier alpha value is -2.50. The molecule has 0 spiro atoms. The molecule has 1 aliphatic heterocycles. The Labute approximate surface area is 158 Å². The number of likely N-dealkylation sites (tertiary alicyclic amines) is 1. The summed E-state index contributed by atoms with van der Waals surface area (Å²) in [6.45, 7) is 3.90. The van der Waals surface area contributed by atoms with Gasteiger partial charge in [0, 0.05) is 12.1 Å². The summed E-state index contributed by atoms with van der Waals surface area (Å²) in [6.07, 6.45) is 5.30. The van der Waals surface area contributed by atoms with Crippen LogP contribution in [0.15, 0.2) is 36.4 Å². The van der Waals surface area contributed by atoms with E-state index in [1.807, 2.05) is 26.0 Å². The van der Waals surface area contributed by atoms with Crippen molar-refractivity contribution in [3.63, 3.8) is 0 Å². The minimum atomic E-state index is -0.859. The third-order valence-electron chi connectivity index (χ3n) is 5.26. The summed E-state index contributed by atoms with van der Waals surface area (Å²) in [6, 6.07) is 5.35. The molecular formula is C21H25FN2O3. The molecule has 1 aliphatic carbocycles. The van der Waals surface area contributed by atoms with Crippen molar-refractivity contribution in [1.29, 1.82) is 0 Å². The maximum atomic E-state index is 13.8. The highest BCUT2D eigenvalue weighted by Crippen LogP contribution is 2.37. The van der Waals surface area contributed by atoms with Crippen LogP contribution in [0.25, 0.3) is 0 Å². The fourth-order valence-electron chi connectivity index (χ4n) is 3.85. The summed E-state index contributed by atoms with van der Waals surface area (Å²) in [7, 11) is 0. The summed E-state index contributed by atoms with van der Waals surface area (Å²) >= 11 is 0. The van der Waals surface area contributed by atoms with E-state index >= 15 is 0 Å². The van der Waals surface area contributed by atoms with Gasteiger partial charge >= 0.3 is 0 Å². The first-order valence-corrected chi connectivity index (χ1v) is 9.43. The Kier molecular flexibility index (Phi) is 5.73. The molecule has 1 heterocycles. The van der Waals surface area contributed by atoms with Crippen molar-refractivity contribution in [2.24, 2.45) is 17.8 Å². The quantitative estimate of drug-likeness (QED) is 0.617. The maximum Gasteiger partial charge on any atom is 0.243 e. The molecule has 0 saturated carbocycles. The number of amides is 3. The van der Waals surface area contributed by atoms with Gasteiger partial charge in [0.2, 0.25) is 17.7 Å². The normalized spacial score (nSPS) is 22.9. The number of benzene rings is 1. The second-order valence-corrected chi connectivity index (χ2v) is 7.66. The number of hydrogen-bond donors (Lipinski definition) is 1. The molecule has 2 aliphatic rings. The van der Waals surface area contributed by atoms with Gasteiger partial charge in [0.15, 0.2) is 0 Å². The van der Waals surface area contributed by atoms with Crippen LogP contribution in [-0.2, 0) is 20.9 Å². The zero-order valence-electron chi connectivity index (χ0n) is 15.7. The lowest BCUT2D eigenvalue weighted by molar-refractivity contribution is -0.148. The highest BCUT2D eigenvalue weighted by molar-refractivity contribution is 6.08. The number of nitrogens with one attached hydrogen (secondary N) is 1. The molecule has 0 radical (unpaired) electrons. The molecule has 1 N–H and O–H groups in total. The largest absolute Gasteiger partial charge is 0.350 e. The van der Waals surface area contributed by atoms with Crippen molar-refractivity contribution in [3.05, 3.63) is 47.8 Å². The topological polar surface area (TPSA) is 66.5 Å². The minimum Gasteiger partial charge on any atom is -0.350 e. The maximum absolute atomic E-state index is 13.8. The lowest BCUT2D eigenvalue weighted by Gasteiger charge is -2.27. The van der Waals surface area contributed by atoms with E-state index < -0.39 is 17.8 Å². The number of halogens is 1. The SMILES string of the molecule is CC(C)C[C@H](C(=O)NCc1ccccc1F)N1C(=O)[C@@H]2CC=CC[C@H]2C1=O. The Morgan fingerprint density at radius 3 is 2.30 bits per heavy atom. The fourth-order valence-corrected chi connectivity index (χ4v) is 3.85. The highest BCUT2D eigenvalue weighted by atomic mass is 19.1. The van der Waals surface area contributed by atoms with E-state index in [0.717, 1.165) is 0 Å². The molecule has 3 atom stereocenters. The average Bonchev–Trinajstić information content (AvgIpc) is 2.90. The number of nitrogens with zero attached hydrogens (tertiary/aromatic N) is 1. The number of carbonyl (C=O) groups is 3. The van der Waals surface area contributed by atoms with Gasteiger partial charge in [0.25, 0.3) is 0 Å². The molecule has 0 bridgehead atoms. The van der Waals surface area contributed by atoms with Crippen molar-refractivity contribution < 1.29 is 18.8 Å². The monoisotopic (exact) mass is 372 g/mol. The van der Waals surface area contributed by atoms with Gasteiger partial charge in [-0.1, -0.05) is 44.2 Å². The van der Waals surface area contributed by atoms with Gasteiger partial charge in [-0.25, -0.2) is 4.39 Å². The highest BCUT2D eigenvalue weighted by Gasteiger charge is 2.51. The molecule has 5 nitrogen and oxygen atoms in total. The van der Waals surface area contributed by atoms with Crippen LogP contribution in [0.4, 0.5) is 4.39 Å². The van der Waals surface area contributed by atoms with Crippen molar-refractivity contribution in [2.75, 3.05) is 0 Å². The number of carbonyl (C=O) groups excluding carboxylic acids is 3. The summed E-state index contributed by atoms with van der Waals surface area (Å²) in [4.78, 5) is 39.7. The minimum absolute atomic E-state index is 0.0186. The Morgan fingerprint density at radius 2 is 1.74 bits per heavy atom. The first kappa shape index (κ1) is 19.3. The van der Waals surface area contributed by atoms with E-state index in [1.54, 1.807) is 18.2 Å². The van der Waals surface area contributed by atoms with Gasteiger partial charge in [-0.3, -0.25) is 19.3 Å². The van der Waals surface area contributed by atoms with Crippen LogP contribution in [-0.4, -0.2) is 28.7 Å². The van der Waals surface area contributed by atoms with E-state index in [0.29, 0.717) is 24.8 Å². The Balaban J connectivity index is 1.77. The smallest absolute Gasteiger partial charge is 0.243 e. The number of allylic oxidation sites excluding steroid dienone is 2. The molecule has 0 unspecified atom stereocenters. The lowest BCUT2D eigenvalue weighted by atomic mass is 9.85. The number of hydrogen-bond acceptors (Lipinski definition) is 3. The third-order valence-corrected chi connectivity index (χ3v) is 5.26. The van der Waals surface area contributed by atoms with Crippen molar-refractivity contribution >= 4 is 17.7 Å². The molecule has 27 heavy (non-hydrogen) atoms. The second-order valence-electron chi connectivity index (χ2n) is 7.66. The van der Waals surface area contributed by atoms with Crippen LogP contribution >= 0.6 is 0 Å². The standard InChI is InChI=1S/C21H25FN2O3/c1-13(2)11-18(19(25)23-12-14-7-3-6-10-17(14)22)24-20(26)15-8-4-5-9-16(15)21(24)27/h3-7,10,13,15-16,18H,8-9,11-12H2,1-2H3,(H,23,25)/t15-,16-,18-/m1/s1. The molecule has 3 amide bonds. The lowest BCUT2D eigenvalue weighted by Crippen LogP contribution is -2.50. The molecule has 144 valence electrons. The molecule has 6 heteroatoms. The van der Waals surface area contributed by atoms with Crippen LogP contribution in [0.1, 0.15) is 38.7 Å². The molecule has 1 aromatic rings. The van der Waals surface area contributed by atoms with Crippen molar-refractivity contribution in [2.45, 2.75) is 45.7 Å². The van der Waals surface area contributed by atoms with Gasteiger partial charge in [-0.15, -0.1) is 0 Å². The summed E-state index contributed by atoms with van der Waals surface area (Å²) in [5.41, 5.74) is 0.367. The third kappa shape index (κ3) is 3.94. The second kappa shape index (κ2) is 8.03. The summed E-state index contributed by atoms with van der Waals surface area (Å²) in [5, 5.41) is 2.70. The Bertz CT molecular complexity index is 748.